The van der Waals surface area contributed by atoms with Crippen molar-refractivity contribution >= 4 is 23.2 Å². The van der Waals surface area contributed by atoms with Crippen LogP contribution < -0.4 is 16.8 Å². The Morgan fingerprint density at radius 3 is 2.68 bits per heavy atom. The van der Waals surface area contributed by atoms with Crippen molar-refractivity contribution in [3.05, 3.63) is 64.4 Å². The van der Waals surface area contributed by atoms with Gasteiger partial charge < -0.3 is 16.8 Å². The summed E-state index contributed by atoms with van der Waals surface area (Å²) in [5.74, 6) is -0.611. The van der Waals surface area contributed by atoms with Gasteiger partial charge in [0.2, 0.25) is 0 Å². The highest BCUT2D eigenvalue weighted by atomic mass is 35.5. The van der Waals surface area contributed by atoms with Crippen LogP contribution in [0.4, 0.5) is 10.1 Å². The summed E-state index contributed by atoms with van der Waals surface area (Å²) in [6.07, 6.45) is 0.447. The van der Waals surface area contributed by atoms with Gasteiger partial charge >= 0.3 is 0 Å². The predicted molar refractivity (Wildman–Crippen MR) is 86.3 cm³/mol. The Balaban J connectivity index is 2.06. The molecule has 0 radical (unpaired) electrons. The molecule has 2 rings (SSSR count). The van der Waals surface area contributed by atoms with Crippen LogP contribution in [0.15, 0.2) is 42.5 Å². The van der Waals surface area contributed by atoms with E-state index in [1.807, 2.05) is 0 Å². The van der Waals surface area contributed by atoms with E-state index in [0.717, 1.165) is 5.56 Å². The van der Waals surface area contributed by atoms with E-state index < -0.39 is 0 Å². The maximum absolute atomic E-state index is 13.2. The van der Waals surface area contributed by atoms with Gasteiger partial charge in [-0.2, -0.15) is 0 Å². The van der Waals surface area contributed by atoms with Crippen LogP contribution in [0.5, 0.6) is 0 Å². The predicted octanol–water partition coefficient (Wildman–Crippen LogP) is 2.36. The van der Waals surface area contributed by atoms with Gasteiger partial charge in [-0.1, -0.05) is 23.7 Å². The van der Waals surface area contributed by atoms with Crippen molar-refractivity contribution in [2.75, 3.05) is 12.3 Å². The first kappa shape index (κ1) is 16.3. The Morgan fingerprint density at radius 1 is 1.27 bits per heavy atom. The molecule has 0 bridgehead atoms. The Bertz CT molecular complexity index is 678. The molecule has 0 spiro atoms. The fraction of sp³-hybridized carbons (Fsp3) is 0.188. The van der Waals surface area contributed by atoms with Crippen LogP contribution in [0.3, 0.4) is 0 Å². The molecule has 116 valence electrons. The van der Waals surface area contributed by atoms with Crippen LogP contribution in [0, 0.1) is 5.82 Å². The molecule has 0 aromatic heterocycles. The van der Waals surface area contributed by atoms with Crippen LogP contribution in [-0.4, -0.2) is 18.5 Å². The van der Waals surface area contributed by atoms with E-state index >= 15 is 0 Å². The minimum Gasteiger partial charge on any atom is -0.398 e. The van der Waals surface area contributed by atoms with Gasteiger partial charge in [0.15, 0.2) is 0 Å². The van der Waals surface area contributed by atoms with E-state index in [4.69, 9.17) is 23.1 Å². The van der Waals surface area contributed by atoms with Crippen molar-refractivity contribution in [2.45, 2.75) is 12.5 Å². The molecular formula is C16H17ClFN3O. The molecule has 0 saturated carbocycles. The Morgan fingerprint density at radius 2 is 2.05 bits per heavy atom. The average Bonchev–Trinajstić information content (AvgIpc) is 2.49. The first-order valence-electron chi connectivity index (χ1n) is 6.80. The number of nitrogen functional groups attached to an aromatic ring is 1. The summed E-state index contributed by atoms with van der Waals surface area (Å²) in [6, 6.07) is 10.6. The van der Waals surface area contributed by atoms with E-state index in [1.165, 1.54) is 18.2 Å². The SMILES string of the molecule is NC[C@H](Cc1cccc(F)c1)NC(=O)c1ccc(Cl)c(N)c1. The number of halogens is 2. The number of carbonyl (C=O) groups is 1. The first-order chi connectivity index (χ1) is 10.5. The first-order valence-corrected chi connectivity index (χ1v) is 7.18. The maximum Gasteiger partial charge on any atom is 0.251 e. The third-order valence-electron chi connectivity index (χ3n) is 3.25. The largest absolute Gasteiger partial charge is 0.398 e. The Hall–Kier alpha value is -2.11. The summed E-state index contributed by atoms with van der Waals surface area (Å²) >= 11 is 5.83. The second kappa shape index (κ2) is 7.24. The van der Waals surface area contributed by atoms with Gasteiger partial charge in [0.25, 0.3) is 5.91 Å². The molecule has 22 heavy (non-hydrogen) atoms. The fourth-order valence-corrected chi connectivity index (χ4v) is 2.21. The van der Waals surface area contributed by atoms with Crippen molar-refractivity contribution in [1.82, 2.24) is 5.32 Å². The van der Waals surface area contributed by atoms with E-state index in [1.54, 1.807) is 24.3 Å². The van der Waals surface area contributed by atoms with Gasteiger partial charge in [-0.25, -0.2) is 4.39 Å². The maximum atomic E-state index is 13.2. The third-order valence-corrected chi connectivity index (χ3v) is 3.59. The molecule has 6 heteroatoms. The zero-order valence-corrected chi connectivity index (χ0v) is 12.6. The van der Waals surface area contributed by atoms with E-state index in [-0.39, 0.29) is 24.3 Å². The summed E-state index contributed by atoms with van der Waals surface area (Å²) < 4.78 is 13.2. The van der Waals surface area contributed by atoms with Gasteiger partial charge in [-0.15, -0.1) is 0 Å². The molecule has 0 unspecified atom stereocenters. The third kappa shape index (κ3) is 4.19. The molecule has 0 aliphatic rings. The lowest BCUT2D eigenvalue weighted by molar-refractivity contribution is 0.0938. The molecule has 0 aliphatic carbocycles. The number of amides is 1. The number of anilines is 1. The van der Waals surface area contributed by atoms with Crippen LogP contribution >= 0.6 is 11.6 Å². The van der Waals surface area contributed by atoms with Crippen LogP contribution in [0.2, 0.25) is 5.02 Å². The van der Waals surface area contributed by atoms with Crippen molar-refractivity contribution in [1.29, 1.82) is 0 Å². The summed E-state index contributed by atoms with van der Waals surface area (Å²) in [5.41, 5.74) is 12.9. The molecule has 5 N–H and O–H groups in total. The molecule has 0 aliphatic heterocycles. The van der Waals surface area contributed by atoms with Crippen LogP contribution in [0.25, 0.3) is 0 Å². The monoisotopic (exact) mass is 321 g/mol. The molecule has 2 aromatic carbocycles. The molecule has 4 nitrogen and oxygen atoms in total. The lowest BCUT2D eigenvalue weighted by Crippen LogP contribution is -2.41. The highest BCUT2D eigenvalue weighted by Crippen LogP contribution is 2.19. The molecular weight excluding hydrogens is 305 g/mol. The lowest BCUT2D eigenvalue weighted by Gasteiger charge is -2.17. The van der Waals surface area contributed by atoms with Crippen molar-refractivity contribution in [3.63, 3.8) is 0 Å². The number of hydrogen-bond acceptors (Lipinski definition) is 3. The highest BCUT2D eigenvalue weighted by molar-refractivity contribution is 6.33. The van der Waals surface area contributed by atoms with Crippen molar-refractivity contribution in [3.8, 4) is 0 Å². The summed E-state index contributed by atoms with van der Waals surface area (Å²) in [5, 5.41) is 3.21. The second-order valence-electron chi connectivity index (χ2n) is 4.98. The normalized spacial score (nSPS) is 12.0. The standard InChI is InChI=1S/C16H17ClFN3O/c17-14-5-4-11(8-15(14)20)16(22)21-13(9-19)7-10-2-1-3-12(18)6-10/h1-6,8,13H,7,9,19-20H2,(H,21,22)/t13-/m0/s1. The molecule has 0 fully saturated rings. The minimum absolute atomic E-state index is 0.241. The van der Waals surface area contributed by atoms with Gasteiger partial charge in [0.05, 0.1) is 10.7 Å². The fourth-order valence-electron chi connectivity index (χ4n) is 2.10. The smallest absolute Gasteiger partial charge is 0.251 e. The number of rotatable bonds is 5. The number of nitrogens with two attached hydrogens (primary N) is 2. The van der Waals surface area contributed by atoms with E-state index in [2.05, 4.69) is 5.32 Å². The second-order valence-corrected chi connectivity index (χ2v) is 5.38. The number of nitrogens with one attached hydrogen (secondary N) is 1. The van der Waals surface area contributed by atoms with Crippen LogP contribution in [-0.2, 0) is 6.42 Å². The highest BCUT2D eigenvalue weighted by Gasteiger charge is 2.14. The van der Waals surface area contributed by atoms with Gasteiger partial charge in [-0.05, 0) is 42.3 Å². The van der Waals surface area contributed by atoms with E-state index in [9.17, 15) is 9.18 Å². The van der Waals surface area contributed by atoms with Gasteiger partial charge in [-0.3, -0.25) is 4.79 Å². The van der Waals surface area contributed by atoms with Gasteiger partial charge in [0, 0.05) is 18.2 Å². The number of benzene rings is 2. The number of carbonyl (C=O) groups excluding carboxylic acids is 1. The summed E-state index contributed by atoms with van der Waals surface area (Å²) in [4.78, 5) is 12.2. The Kier molecular flexibility index (Phi) is 5.35. The minimum atomic E-state index is -0.315. The molecule has 1 amide bonds. The zero-order chi connectivity index (χ0) is 16.1. The van der Waals surface area contributed by atoms with Crippen molar-refractivity contribution < 1.29 is 9.18 Å². The molecule has 0 saturated heterocycles. The zero-order valence-electron chi connectivity index (χ0n) is 11.9. The Labute approximate surface area is 133 Å². The summed E-state index contributed by atoms with van der Waals surface area (Å²) in [7, 11) is 0. The van der Waals surface area contributed by atoms with E-state index in [0.29, 0.717) is 22.7 Å². The number of hydrogen-bond donors (Lipinski definition) is 3. The van der Waals surface area contributed by atoms with Crippen LogP contribution in [0.1, 0.15) is 15.9 Å². The van der Waals surface area contributed by atoms with Gasteiger partial charge in [0.1, 0.15) is 5.82 Å². The molecule has 0 heterocycles. The van der Waals surface area contributed by atoms with Crippen molar-refractivity contribution in [2.24, 2.45) is 5.73 Å². The molecule has 1 atom stereocenters. The summed E-state index contributed by atoms with van der Waals surface area (Å²) in [6.45, 7) is 0.241. The topological polar surface area (TPSA) is 81.1 Å². The average molecular weight is 322 g/mol. The quantitative estimate of drug-likeness (QED) is 0.739. The lowest BCUT2D eigenvalue weighted by atomic mass is 10.1. The molecule has 2 aromatic rings.